The van der Waals surface area contributed by atoms with Crippen molar-refractivity contribution < 1.29 is 13.9 Å². The number of rotatable bonds is 9. The molecule has 0 spiro atoms. The molecule has 1 saturated heterocycles. The summed E-state index contributed by atoms with van der Waals surface area (Å²) in [5.74, 6) is 0.499. The lowest BCUT2D eigenvalue weighted by molar-refractivity contribution is 0.0170. The molecule has 1 aliphatic heterocycles. The van der Waals surface area contributed by atoms with Gasteiger partial charge in [0.15, 0.2) is 5.96 Å². The molecule has 162 valence electrons. The average molecular weight is 415 g/mol. The number of hydrogen-bond acceptors (Lipinski definition) is 4. The zero-order chi connectivity index (χ0) is 21.0. The molecular formula is C23H31FN4O2. The molecule has 1 fully saturated rings. The molecule has 2 aromatic rings. The fourth-order valence-electron chi connectivity index (χ4n) is 3.45. The van der Waals surface area contributed by atoms with E-state index in [9.17, 15) is 4.39 Å². The largest absolute Gasteiger partial charge is 0.379 e. The molecule has 3 rings (SSSR count). The maximum Gasteiger partial charge on any atom is 0.191 e. The molecule has 6 nitrogen and oxygen atoms in total. The van der Waals surface area contributed by atoms with Gasteiger partial charge in [-0.05, 0) is 23.3 Å². The average Bonchev–Trinajstić information content (AvgIpc) is 2.80. The normalized spacial score (nSPS) is 16.3. The first-order chi connectivity index (χ1) is 14.8. The second-order valence-electron chi connectivity index (χ2n) is 7.13. The number of benzene rings is 2. The molecule has 0 aliphatic carbocycles. The molecule has 0 saturated carbocycles. The third kappa shape index (κ3) is 7.09. The van der Waals surface area contributed by atoms with Crippen LogP contribution in [0.3, 0.4) is 0 Å². The van der Waals surface area contributed by atoms with Crippen molar-refractivity contribution in [2.24, 2.45) is 4.99 Å². The van der Waals surface area contributed by atoms with Crippen molar-refractivity contribution in [1.29, 1.82) is 0 Å². The Morgan fingerprint density at radius 3 is 2.53 bits per heavy atom. The van der Waals surface area contributed by atoms with Crippen molar-refractivity contribution in [3.63, 3.8) is 0 Å². The van der Waals surface area contributed by atoms with Gasteiger partial charge in [0.25, 0.3) is 0 Å². The summed E-state index contributed by atoms with van der Waals surface area (Å²) < 4.78 is 24.6. The quantitative estimate of drug-likeness (QED) is 0.375. The van der Waals surface area contributed by atoms with Crippen LogP contribution in [0.15, 0.2) is 59.6 Å². The lowest BCUT2D eigenvalue weighted by atomic mass is 10.0. The van der Waals surface area contributed by atoms with Gasteiger partial charge in [-0.3, -0.25) is 9.89 Å². The van der Waals surface area contributed by atoms with Gasteiger partial charge in [0.1, 0.15) is 5.82 Å². The molecule has 2 aromatic carbocycles. The van der Waals surface area contributed by atoms with E-state index in [1.807, 2.05) is 30.3 Å². The standard InChI is InChI=1S/C23H31FN4O2/c1-25-23(26-11-14-30-18-19-5-3-2-4-6-19)27-17-22(28-12-15-29-16-13-28)20-7-9-21(24)10-8-20/h2-10,22H,11-18H2,1H3,(H2,25,26,27). The van der Waals surface area contributed by atoms with Crippen LogP contribution in [0.5, 0.6) is 0 Å². The number of aliphatic imine (C=N–C) groups is 1. The van der Waals surface area contributed by atoms with E-state index >= 15 is 0 Å². The highest BCUT2D eigenvalue weighted by molar-refractivity contribution is 5.79. The number of hydrogen-bond donors (Lipinski definition) is 2. The van der Waals surface area contributed by atoms with Crippen molar-refractivity contribution in [3.05, 3.63) is 71.5 Å². The summed E-state index contributed by atoms with van der Waals surface area (Å²) in [6.07, 6.45) is 0. The molecule has 1 atom stereocenters. The smallest absolute Gasteiger partial charge is 0.191 e. The first-order valence-corrected chi connectivity index (χ1v) is 10.4. The van der Waals surface area contributed by atoms with Gasteiger partial charge in [0, 0.05) is 33.2 Å². The van der Waals surface area contributed by atoms with E-state index in [1.165, 1.54) is 12.1 Å². The molecular weight excluding hydrogens is 383 g/mol. The van der Waals surface area contributed by atoms with Crippen LogP contribution in [0.25, 0.3) is 0 Å². The Balaban J connectivity index is 1.47. The monoisotopic (exact) mass is 414 g/mol. The second-order valence-corrected chi connectivity index (χ2v) is 7.13. The SMILES string of the molecule is CN=C(NCCOCc1ccccc1)NCC(c1ccc(F)cc1)N1CCOCC1. The van der Waals surface area contributed by atoms with Crippen molar-refractivity contribution in [2.75, 3.05) is 53.0 Å². The maximum atomic E-state index is 13.4. The van der Waals surface area contributed by atoms with Gasteiger partial charge >= 0.3 is 0 Å². The highest BCUT2D eigenvalue weighted by Crippen LogP contribution is 2.21. The van der Waals surface area contributed by atoms with Gasteiger partial charge in [-0.1, -0.05) is 42.5 Å². The fraction of sp³-hybridized carbons (Fsp3) is 0.435. The van der Waals surface area contributed by atoms with Crippen LogP contribution in [-0.4, -0.2) is 63.9 Å². The van der Waals surface area contributed by atoms with Gasteiger partial charge in [0.05, 0.1) is 32.5 Å². The van der Waals surface area contributed by atoms with Gasteiger partial charge in [0.2, 0.25) is 0 Å². The zero-order valence-corrected chi connectivity index (χ0v) is 17.5. The van der Waals surface area contributed by atoms with Gasteiger partial charge in [-0.25, -0.2) is 4.39 Å². The number of halogens is 1. The lowest BCUT2D eigenvalue weighted by Gasteiger charge is -2.35. The Morgan fingerprint density at radius 2 is 1.83 bits per heavy atom. The van der Waals surface area contributed by atoms with Crippen molar-refractivity contribution in [1.82, 2.24) is 15.5 Å². The van der Waals surface area contributed by atoms with E-state index in [0.29, 0.717) is 39.5 Å². The summed E-state index contributed by atoms with van der Waals surface area (Å²) in [6.45, 7) is 5.62. The highest BCUT2D eigenvalue weighted by Gasteiger charge is 2.23. The van der Waals surface area contributed by atoms with Crippen LogP contribution in [0, 0.1) is 5.82 Å². The molecule has 0 radical (unpaired) electrons. The molecule has 1 heterocycles. The van der Waals surface area contributed by atoms with Gasteiger partial charge < -0.3 is 20.1 Å². The van der Waals surface area contributed by atoms with Crippen molar-refractivity contribution in [3.8, 4) is 0 Å². The van der Waals surface area contributed by atoms with Crippen LogP contribution in [0.4, 0.5) is 4.39 Å². The van der Waals surface area contributed by atoms with E-state index in [4.69, 9.17) is 9.47 Å². The molecule has 2 N–H and O–H groups in total. The maximum absolute atomic E-state index is 13.4. The minimum Gasteiger partial charge on any atom is -0.379 e. The first kappa shape index (κ1) is 22.2. The summed E-state index contributed by atoms with van der Waals surface area (Å²) in [4.78, 5) is 6.67. The number of ether oxygens (including phenoxy) is 2. The van der Waals surface area contributed by atoms with Crippen LogP contribution < -0.4 is 10.6 Å². The zero-order valence-electron chi connectivity index (χ0n) is 17.5. The third-order valence-electron chi connectivity index (χ3n) is 5.08. The summed E-state index contributed by atoms with van der Waals surface area (Å²) in [5, 5.41) is 6.68. The van der Waals surface area contributed by atoms with E-state index < -0.39 is 0 Å². The summed E-state index contributed by atoms with van der Waals surface area (Å²) in [7, 11) is 1.75. The number of morpholine rings is 1. The van der Waals surface area contributed by atoms with Crippen LogP contribution in [0.2, 0.25) is 0 Å². The minimum absolute atomic E-state index is 0.113. The highest BCUT2D eigenvalue weighted by atomic mass is 19.1. The topological polar surface area (TPSA) is 58.1 Å². The Bertz CT molecular complexity index is 765. The van der Waals surface area contributed by atoms with Crippen LogP contribution in [-0.2, 0) is 16.1 Å². The van der Waals surface area contributed by atoms with E-state index in [0.717, 1.165) is 30.2 Å². The Labute approximate surface area is 178 Å². The molecule has 30 heavy (non-hydrogen) atoms. The summed E-state index contributed by atoms with van der Waals surface area (Å²) >= 11 is 0. The minimum atomic E-state index is -0.222. The molecule has 7 heteroatoms. The Kier molecular flexibility index (Phi) is 9.08. The van der Waals surface area contributed by atoms with Crippen molar-refractivity contribution in [2.45, 2.75) is 12.6 Å². The second kappa shape index (κ2) is 12.3. The van der Waals surface area contributed by atoms with Crippen molar-refractivity contribution >= 4 is 5.96 Å². The Morgan fingerprint density at radius 1 is 1.10 bits per heavy atom. The first-order valence-electron chi connectivity index (χ1n) is 10.4. The summed E-state index contributed by atoms with van der Waals surface area (Å²) in [5.41, 5.74) is 2.24. The molecule has 0 aromatic heterocycles. The molecule has 0 bridgehead atoms. The molecule has 0 amide bonds. The Hall–Kier alpha value is -2.48. The van der Waals surface area contributed by atoms with E-state index in [2.05, 4.69) is 32.7 Å². The van der Waals surface area contributed by atoms with E-state index in [-0.39, 0.29) is 11.9 Å². The van der Waals surface area contributed by atoms with Crippen LogP contribution >= 0.6 is 0 Å². The molecule has 1 aliphatic rings. The van der Waals surface area contributed by atoms with Gasteiger partial charge in [-0.15, -0.1) is 0 Å². The number of nitrogens with zero attached hydrogens (tertiary/aromatic N) is 2. The predicted octanol–water partition coefficient (Wildman–Crippen LogP) is 2.58. The molecule has 1 unspecified atom stereocenters. The summed E-state index contributed by atoms with van der Waals surface area (Å²) in [6, 6.07) is 17.0. The number of guanidine groups is 1. The number of nitrogens with one attached hydrogen (secondary N) is 2. The van der Waals surface area contributed by atoms with E-state index in [1.54, 1.807) is 7.05 Å². The fourth-order valence-corrected chi connectivity index (χ4v) is 3.45. The van der Waals surface area contributed by atoms with Crippen LogP contribution in [0.1, 0.15) is 17.2 Å². The lowest BCUT2D eigenvalue weighted by Crippen LogP contribution is -2.46. The predicted molar refractivity (Wildman–Crippen MR) is 117 cm³/mol. The van der Waals surface area contributed by atoms with Gasteiger partial charge in [-0.2, -0.15) is 0 Å². The third-order valence-corrected chi connectivity index (χ3v) is 5.08.